The summed E-state index contributed by atoms with van der Waals surface area (Å²) in [5.41, 5.74) is 7.81. The molecule has 0 fully saturated rings. The highest BCUT2D eigenvalue weighted by Crippen LogP contribution is 2.47. The van der Waals surface area contributed by atoms with Gasteiger partial charge in [-0.1, -0.05) is 166 Å². The Balaban J connectivity index is 0.00000197. The third-order valence-corrected chi connectivity index (χ3v) is 13.0. The Morgan fingerprint density at radius 1 is 0.393 bits per heavy atom. The molecular formula is C55H36N4OS. The lowest BCUT2D eigenvalue weighted by atomic mass is 9.95. The monoisotopic (exact) mass is 800 g/mol. The van der Waals surface area contributed by atoms with Gasteiger partial charge in [0.2, 0.25) is 5.95 Å². The molecule has 0 aliphatic rings. The van der Waals surface area contributed by atoms with E-state index < -0.39 is 0 Å². The van der Waals surface area contributed by atoms with Crippen molar-refractivity contribution >= 4 is 96.8 Å². The molecular weight excluding hydrogens is 765 g/mol. The smallest absolute Gasteiger partial charge is 0.238 e. The van der Waals surface area contributed by atoms with Crippen LogP contribution in [0, 0.1) is 0 Å². The lowest BCUT2D eigenvalue weighted by Crippen LogP contribution is -2.07. The van der Waals surface area contributed by atoms with Crippen molar-refractivity contribution in [2.45, 2.75) is 13.8 Å². The third-order valence-electron chi connectivity index (χ3n) is 11.8. The van der Waals surface area contributed by atoms with Crippen LogP contribution in [0.25, 0.3) is 125 Å². The molecule has 9 aromatic carbocycles. The Hall–Kier alpha value is -7.67. The summed E-state index contributed by atoms with van der Waals surface area (Å²) in [5, 5.41) is 11.7. The molecule has 0 radical (unpaired) electrons. The maximum absolute atomic E-state index is 6.38. The second-order valence-corrected chi connectivity index (χ2v) is 16.2. The minimum atomic E-state index is 0.550. The minimum Gasteiger partial charge on any atom is -0.456 e. The topological polar surface area (TPSA) is 56.7 Å². The van der Waals surface area contributed by atoms with Crippen molar-refractivity contribution in [3.63, 3.8) is 0 Å². The lowest BCUT2D eigenvalue weighted by Gasteiger charge is -2.14. The first-order valence-electron chi connectivity index (χ1n) is 20.8. The zero-order chi connectivity index (χ0) is 40.6. The molecule has 0 amide bonds. The zero-order valence-corrected chi connectivity index (χ0v) is 34.2. The van der Waals surface area contributed by atoms with E-state index in [1.54, 1.807) is 0 Å². The lowest BCUT2D eigenvalue weighted by molar-refractivity contribution is 0.669. The number of para-hydroxylation sites is 2. The third kappa shape index (κ3) is 5.36. The van der Waals surface area contributed by atoms with Crippen molar-refractivity contribution in [3.8, 4) is 39.9 Å². The Labute approximate surface area is 354 Å². The molecule has 0 N–H and O–H groups in total. The van der Waals surface area contributed by atoms with Crippen LogP contribution < -0.4 is 0 Å². The number of thiophene rings is 1. The van der Waals surface area contributed by atoms with Crippen molar-refractivity contribution in [1.82, 2.24) is 19.5 Å². The first kappa shape index (κ1) is 35.3. The summed E-state index contributed by atoms with van der Waals surface area (Å²) in [5.74, 6) is 1.72. The predicted octanol–water partition coefficient (Wildman–Crippen LogP) is 15.6. The molecule has 0 saturated carbocycles. The first-order valence-corrected chi connectivity index (χ1v) is 21.6. The molecule has 0 bridgehead atoms. The number of aromatic nitrogens is 4. The highest BCUT2D eigenvalue weighted by atomic mass is 32.1. The van der Waals surface area contributed by atoms with Gasteiger partial charge in [-0.15, -0.1) is 11.3 Å². The zero-order valence-electron chi connectivity index (χ0n) is 33.4. The first-order chi connectivity index (χ1) is 30.3. The second-order valence-electron chi connectivity index (χ2n) is 15.1. The van der Waals surface area contributed by atoms with E-state index in [-0.39, 0.29) is 0 Å². The fraction of sp³-hybridized carbons (Fsp3) is 0.0364. The molecule has 0 unspecified atom stereocenters. The van der Waals surface area contributed by atoms with Gasteiger partial charge >= 0.3 is 0 Å². The van der Waals surface area contributed by atoms with E-state index in [0.717, 1.165) is 60.4 Å². The summed E-state index contributed by atoms with van der Waals surface area (Å²) in [6.07, 6.45) is 0. The number of furan rings is 1. The highest BCUT2D eigenvalue weighted by Gasteiger charge is 2.25. The molecule has 288 valence electrons. The van der Waals surface area contributed by atoms with Gasteiger partial charge in [-0.05, 0) is 52.1 Å². The van der Waals surface area contributed by atoms with E-state index in [1.165, 1.54) is 47.3 Å². The van der Waals surface area contributed by atoms with E-state index >= 15 is 0 Å². The standard InChI is InChI=1S/C53H30N4OS.C2H6/c1-2-14-31(15-3-1)51-54-52(32-28-29-36-35-18-8-10-25-43(35)58-44(36)30-32)56-53(55-51)57-49-40(38-22-13-27-46-47(38)41-21-9-11-26-45(41)59-46)23-12-24-42(49)48-37-19-6-4-16-33(37)34-17-5-7-20-39(34)50(48)57;1-2/h1-30H;1-2H3. The minimum absolute atomic E-state index is 0.550. The molecule has 0 spiro atoms. The average Bonchev–Trinajstić information content (AvgIpc) is 4.02. The van der Waals surface area contributed by atoms with E-state index in [9.17, 15) is 0 Å². The van der Waals surface area contributed by atoms with Gasteiger partial charge in [0.15, 0.2) is 11.6 Å². The van der Waals surface area contributed by atoms with Crippen molar-refractivity contribution < 1.29 is 4.42 Å². The molecule has 5 nitrogen and oxygen atoms in total. The maximum atomic E-state index is 6.38. The van der Waals surface area contributed by atoms with Gasteiger partial charge in [0.1, 0.15) is 11.2 Å². The normalized spacial score (nSPS) is 11.8. The molecule has 4 heterocycles. The van der Waals surface area contributed by atoms with Gasteiger partial charge in [0.25, 0.3) is 0 Å². The van der Waals surface area contributed by atoms with Gasteiger partial charge in [-0.3, -0.25) is 4.57 Å². The molecule has 6 heteroatoms. The Kier molecular flexibility index (Phi) is 8.08. The number of rotatable bonds is 4. The number of nitrogens with zero attached hydrogens (tertiary/aromatic N) is 4. The van der Waals surface area contributed by atoms with Crippen molar-refractivity contribution in [2.75, 3.05) is 0 Å². The number of hydrogen-bond acceptors (Lipinski definition) is 5. The number of hydrogen-bond donors (Lipinski definition) is 0. The van der Waals surface area contributed by atoms with Crippen LogP contribution in [0.5, 0.6) is 0 Å². The van der Waals surface area contributed by atoms with Crippen LogP contribution >= 0.6 is 11.3 Å². The molecule has 0 atom stereocenters. The highest BCUT2D eigenvalue weighted by molar-refractivity contribution is 7.25. The summed E-state index contributed by atoms with van der Waals surface area (Å²) in [6, 6.07) is 64.3. The largest absolute Gasteiger partial charge is 0.456 e. The van der Waals surface area contributed by atoms with Gasteiger partial charge in [-0.25, -0.2) is 4.98 Å². The summed E-state index contributed by atoms with van der Waals surface area (Å²) in [6.45, 7) is 4.00. The Morgan fingerprint density at radius 2 is 0.984 bits per heavy atom. The van der Waals surface area contributed by atoms with E-state index in [0.29, 0.717) is 17.6 Å². The van der Waals surface area contributed by atoms with Gasteiger partial charge in [-0.2, -0.15) is 9.97 Å². The quantitative estimate of drug-likeness (QED) is 0.166. The molecule has 0 saturated heterocycles. The summed E-state index contributed by atoms with van der Waals surface area (Å²) < 4.78 is 11.2. The van der Waals surface area contributed by atoms with Crippen LogP contribution in [0.3, 0.4) is 0 Å². The molecule has 13 rings (SSSR count). The van der Waals surface area contributed by atoms with Crippen molar-refractivity contribution in [1.29, 1.82) is 0 Å². The van der Waals surface area contributed by atoms with E-state index in [2.05, 4.69) is 150 Å². The Morgan fingerprint density at radius 3 is 1.80 bits per heavy atom. The van der Waals surface area contributed by atoms with Gasteiger partial charge < -0.3 is 4.42 Å². The van der Waals surface area contributed by atoms with Crippen LogP contribution in [0.2, 0.25) is 0 Å². The van der Waals surface area contributed by atoms with Crippen molar-refractivity contribution in [3.05, 3.63) is 182 Å². The SMILES string of the molecule is CC.c1ccc(-c2nc(-c3ccc4c(c3)oc3ccccc34)nc(-n3c4c(-c5cccc6sc7ccccc7c56)cccc4c4c5ccccc5c5ccccc5c43)n2)cc1. The van der Waals surface area contributed by atoms with Crippen LogP contribution in [-0.2, 0) is 0 Å². The molecule has 4 aromatic heterocycles. The van der Waals surface area contributed by atoms with Crippen molar-refractivity contribution in [2.24, 2.45) is 0 Å². The fourth-order valence-electron chi connectivity index (χ4n) is 9.32. The van der Waals surface area contributed by atoms with Crippen LogP contribution in [0.1, 0.15) is 13.8 Å². The second kappa shape index (κ2) is 14.0. The predicted molar refractivity (Wildman–Crippen MR) is 257 cm³/mol. The van der Waals surface area contributed by atoms with E-state index in [4.69, 9.17) is 19.4 Å². The van der Waals surface area contributed by atoms with E-state index in [1.807, 2.05) is 61.6 Å². The van der Waals surface area contributed by atoms with Gasteiger partial charge in [0.05, 0.1) is 11.0 Å². The average molecular weight is 801 g/mol. The molecule has 61 heavy (non-hydrogen) atoms. The number of fused-ring (bicyclic) bond motifs is 14. The summed E-state index contributed by atoms with van der Waals surface area (Å²) in [7, 11) is 0. The maximum Gasteiger partial charge on any atom is 0.238 e. The van der Waals surface area contributed by atoms with Crippen LogP contribution in [0.15, 0.2) is 186 Å². The molecule has 13 aromatic rings. The number of benzene rings is 9. The molecule has 0 aliphatic heterocycles. The summed E-state index contributed by atoms with van der Waals surface area (Å²) in [4.78, 5) is 16.1. The Bertz CT molecular complexity index is 3860. The van der Waals surface area contributed by atoms with Gasteiger partial charge in [0, 0.05) is 63.8 Å². The van der Waals surface area contributed by atoms with Crippen LogP contribution in [-0.4, -0.2) is 19.5 Å². The molecule has 0 aliphatic carbocycles. The summed E-state index contributed by atoms with van der Waals surface area (Å²) >= 11 is 1.84. The van der Waals surface area contributed by atoms with Crippen LogP contribution in [0.4, 0.5) is 0 Å². The fourth-order valence-corrected chi connectivity index (χ4v) is 10.4.